The summed E-state index contributed by atoms with van der Waals surface area (Å²) >= 11 is 2.92. The molecule has 2 amide bonds. The fourth-order valence-corrected chi connectivity index (χ4v) is 5.59. The zero-order valence-electron chi connectivity index (χ0n) is 18.0. The Morgan fingerprint density at radius 2 is 2.30 bits per heavy atom. The molecule has 3 aromatic rings. The summed E-state index contributed by atoms with van der Waals surface area (Å²) < 4.78 is 7.42. The molecular formula is C23H23N5O3S2. The Kier molecular flexibility index (Phi) is 7.22. The van der Waals surface area contributed by atoms with Crippen molar-refractivity contribution in [2.75, 3.05) is 5.32 Å². The summed E-state index contributed by atoms with van der Waals surface area (Å²) in [6, 6.07) is 7.93. The lowest BCUT2D eigenvalue weighted by Gasteiger charge is -2.22. The molecule has 10 heteroatoms. The van der Waals surface area contributed by atoms with Crippen LogP contribution in [-0.2, 0) is 35.5 Å². The third kappa shape index (κ3) is 5.50. The van der Waals surface area contributed by atoms with E-state index in [9.17, 15) is 14.9 Å². The third-order valence-electron chi connectivity index (χ3n) is 5.30. The summed E-state index contributed by atoms with van der Waals surface area (Å²) in [6.07, 6.45) is 5.93. The van der Waals surface area contributed by atoms with Crippen LogP contribution in [0.4, 0.5) is 9.80 Å². The number of aryl methyl sites for hydroxylation is 1. The zero-order chi connectivity index (χ0) is 23.2. The number of nitriles is 1. The molecule has 2 N–H and O–H groups in total. The predicted molar refractivity (Wildman–Crippen MR) is 128 cm³/mol. The second-order valence-corrected chi connectivity index (χ2v) is 9.50. The van der Waals surface area contributed by atoms with Crippen molar-refractivity contribution in [1.29, 1.82) is 5.26 Å². The van der Waals surface area contributed by atoms with Crippen molar-refractivity contribution in [2.45, 2.75) is 45.4 Å². The van der Waals surface area contributed by atoms with E-state index in [1.54, 1.807) is 23.6 Å². The molecule has 0 saturated carbocycles. The smallest absolute Gasteiger partial charge is 0.407 e. The van der Waals surface area contributed by atoms with Crippen molar-refractivity contribution < 1.29 is 14.3 Å². The van der Waals surface area contributed by atoms with Crippen LogP contribution < -0.4 is 10.6 Å². The SMILES string of the molecule is CCn1nccc1CNC(=O)OC1CCc2c(sc(NC(=O)/C=C/c3cccs3)c2C#N)C1. The monoisotopic (exact) mass is 481 g/mol. The Hall–Kier alpha value is -3.42. The Labute approximate surface area is 199 Å². The van der Waals surface area contributed by atoms with Gasteiger partial charge in [0, 0.05) is 35.0 Å². The first-order valence-corrected chi connectivity index (χ1v) is 12.3. The molecule has 1 aliphatic carbocycles. The number of nitrogens with one attached hydrogen (secondary N) is 2. The number of hydrogen-bond acceptors (Lipinski definition) is 7. The van der Waals surface area contributed by atoms with Gasteiger partial charge in [-0.1, -0.05) is 6.07 Å². The zero-order valence-corrected chi connectivity index (χ0v) is 19.7. The van der Waals surface area contributed by atoms with Crippen LogP contribution in [0, 0.1) is 11.3 Å². The molecule has 0 aliphatic heterocycles. The normalized spacial score (nSPS) is 15.1. The lowest BCUT2D eigenvalue weighted by molar-refractivity contribution is -0.111. The summed E-state index contributed by atoms with van der Waals surface area (Å²) in [5.41, 5.74) is 2.35. The minimum atomic E-state index is -0.475. The Morgan fingerprint density at radius 3 is 3.06 bits per heavy atom. The van der Waals surface area contributed by atoms with Gasteiger partial charge in [0.05, 0.1) is 17.8 Å². The van der Waals surface area contributed by atoms with Crippen LogP contribution in [0.25, 0.3) is 6.08 Å². The molecule has 0 spiro atoms. The number of thiophene rings is 2. The maximum Gasteiger partial charge on any atom is 0.407 e. The maximum atomic E-state index is 12.3. The number of anilines is 1. The van der Waals surface area contributed by atoms with Crippen molar-refractivity contribution in [1.82, 2.24) is 15.1 Å². The molecule has 0 fully saturated rings. The van der Waals surface area contributed by atoms with E-state index in [-0.39, 0.29) is 12.0 Å². The summed E-state index contributed by atoms with van der Waals surface area (Å²) in [4.78, 5) is 26.6. The van der Waals surface area contributed by atoms with Crippen LogP contribution >= 0.6 is 22.7 Å². The average Bonchev–Trinajstić information content (AvgIpc) is 3.55. The number of nitrogens with zero attached hydrogens (tertiary/aromatic N) is 3. The highest BCUT2D eigenvalue weighted by molar-refractivity contribution is 7.16. The molecule has 4 rings (SSSR count). The molecule has 0 saturated heterocycles. The van der Waals surface area contributed by atoms with Gasteiger partial charge in [-0.2, -0.15) is 10.4 Å². The lowest BCUT2D eigenvalue weighted by atomic mass is 9.94. The van der Waals surface area contributed by atoms with E-state index >= 15 is 0 Å². The second kappa shape index (κ2) is 10.5. The second-order valence-electron chi connectivity index (χ2n) is 7.42. The number of rotatable bonds is 7. The van der Waals surface area contributed by atoms with Crippen LogP contribution in [-0.4, -0.2) is 27.9 Å². The summed E-state index contributed by atoms with van der Waals surface area (Å²) in [7, 11) is 0. The number of alkyl carbamates (subject to hydrolysis) is 1. The van der Waals surface area contributed by atoms with Crippen LogP contribution in [0.2, 0.25) is 0 Å². The fraction of sp³-hybridized carbons (Fsp3) is 0.304. The molecule has 170 valence electrons. The van der Waals surface area contributed by atoms with Gasteiger partial charge in [-0.25, -0.2) is 4.79 Å². The van der Waals surface area contributed by atoms with E-state index in [0.717, 1.165) is 27.6 Å². The molecule has 33 heavy (non-hydrogen) atoms. The third-order valence-corrected chi connectivity index (χ3v) is 7.31. The largest absolute Gasteiger partial charge is 0.446 e. The predicted octanol–water partition coefficient (Wildman–Crippen LogP) is 4.33. The number of aromatic nitrogens is 2. The molecule has 1 atom stereocenters. The highest BCUT2D eigenvalue weighted by Crippen LogP contribution is 2.38. The van der Waals surface area contributed by atoms with Crippen molar-refractivity contribution in [2.24, 2.45) is 0 Å². The number of fused-ring (bicyclic) bond motifs is 1. The minimum absolute atomic E-state index is 0.277. The first-order valence-electron chi connectivity index (χ1n) is 10.6. The number of amides is 2. The van der Waals surface area contributed by atoms with Crippen molar-refractivity contribution >= 4 is 45.8 Å². The minimum Gasteiger partial charge on any atom is -0.446 e. The maximum absolute atomic E-state index is 12.3. The molecule has 0 radical (unpaired) electrons. The number of carbonyl (C=O) groups is 2. The number of carbonyl (C=O) groups excluding carboxylic acids is 2. The highest BCUT2D eigenvalue weighted by Gasteiger charge is 2.28. The molecule has 0 bridgehead atoms. The van der Waals surface area contributed by atoms with Crippen molar-refractivity contribution in [3.8, 4) is 6.07 Å². The van der Waals surface area contributed by atoms with Gasteiger partial charge >= 0.3 is 6.09 Å². The quantitative estimate of drug-likeness (QED) is 0.488. The first kappa shape index (κ1) is 22.8. The van der Waals surface area contributed by atoms with Crippen LogP contribution in [0.15, 0.2) is 35.9 Å². The van der Waals surface area contributed by atoms with Crippen LogP contribution in [0.1, 0.15) is 39.9 Å². The Bertz CT molecular complexity index is 1200. The van der Waals surface area contributed by atoms with Crippen molar-refractivity contribution in [3.63, 3.8) is 0 Å². The van der Waals surface area contributed by atoms with Crippen molar-refractivity contribution in [3.05, 3.63) is 62.4 Å². The lowest BCUT2D eigenvalue weighted by Crippen LogP contribution is -2.32. The first-order chi connectivity index (χ1) is 16.1. The number of hydrogen-bond donors (Lipinski definition) is 2. The van der Waals surface area contributed by atoms with Gasteiger partial charge in [0.2, 0.25) is 5.91 Å². The average molecular weight is 482 g/mol. The standard InChI is InChI=1S/C23H23N5O3S2/c1-2-28-15(9-10-26-28)14-25-23(30)31-16-5-7-18-19(13-24)22(33-20(18)12-16)27-21(29)8-6-17-4-3-11-32-17/h3-4,6,8-11,16H,2,5,7,12,14H2,1H3,(H,25,30)(H,27,29)/b8-6+. The van der Waals surface area contributed by atoms with Gasteiger partial charge in [-0.05, 0) is 48.9 Å². The van der Waals surface area contributed by atoms with E-state index < -0.39 is 6.09 Å². The molecule has 1 unspecified atom stereocenters. The van der Waals surface area contributed by atoms with Crippen LogP contribution in [0.5, 0.6) is 0 Å². The molecular weight excluding hydrogens is 458 g/mol. The van der Waals surface area contributed by atoms with Crippen LogP contribution in [0.3, 0.4) is 0 Å². The van der Waals surface area contributed by atoms with Gasteiger partial charge in [0.1, 0.15) is 17.2 Å². The molecule has 3 aromatic heterocycles. The molecule has 8 nitrogen and oxygen atoms in total. The Morgan fingerprint density at radius 1 is 1.42 bits per heavy atom. The molecule has 1 aliphatic rings. The summed E-state index contributed by atoms with van der Waals surface area (Å²) in [5.74, 6) is -0.281. The summed E-state index contributed by atoms with van der Waals surface area (Å²) in [5, 5.41) is 21.9. The van der Waals surface area contributed by atoms with E-state index in [2.05, 4.69) is 21.8 Å². The van der Waals surface area contributed by atoms with Gasteiger partial charge < -0.3 is 15.4 Å². The van der Waals surface area contributed by atoms with E-state index in [4.69, 9.17) is 4.74 Å². The summed E-state index contributed by atoms with van der Waals surface area (Å²) in [6.45, 7) is 3.06. The van der Waals surface area contributed by atoms with Gasteiger partial charge in [0.25, 0.3) is 0 Å². The molecule has 3 heterocycles. The topological polar surface area (TPSA) is 109 Å². The Balaban J connectivity index is 1.35. The molecule has 0 aromatic carbocycles. The van der Waals surface area contributed by atoms with E-state index in [0.29, 0.717) is 36.4 Å². The van der Waals surface area contributed by atoms with Gasteiger partial charge in [-0.15, -0.1) is 22.7 Å². The number of ether oxygens (including phenoxy) is 1. The van der Waals surface area contributed by atoms with Gasteiger partial charge in [-0.3, -0.25) is 9.48 Å². The van der Waals surface area contributed by atoms with E-state index in [1.807, 2.05) is 35.2 Å². The fourth-order valence-electron chi connectivity index (χ4n) is 3.71. The highest BCUT2D eigenvalue weighted by atomic mass is 32.1. The van der Waals surface area contributed by atoms with E-state index in [1.165, 1.54) is 17.4 Å². The van der Waals surface area contributed by atoms with Gasteiger partial charge in [0.15, 0.2) is 0 Å².